The van der Waals surface area contributed by atoms with Crippen molar-refractivity contribution in [2.24, 2.45) is 0 Å². The van der Waals surface area contributed by atoms with Gasteiger partial charge in [-0.2, -0.15) is 13.2 Å². The van der Waals surface area contributed by atoms with Crippen LogP contribution in [-0.4, -0.2) is 13.2 Å². The fourth-order valence-electron chi connectivity index (χ4n) is 2.55. The van der Waals surface area contributed by atoms with Gasteiger partial charge in [0.15, 0.2) is 0 Å². The minimum atomic E-state index is -4.41. The van der Waals surface area contributed by atoms with Gasteiger partial charge in [-0.3, -0.25) is 9.05 Å². The van der Waals surface area contributed by atoms with Crippen molar-refractivity contribution in [2.75, 3.05) is 13.2 Å². The molecule has 4 nitrogen and oxygen atoms in total. The lowest BCUT2D eigenvalue weighted by atomic mass is 10.0. The second kappa shape index (κ2) is 7.72. The zero-order valence-electron chi connectivity index (χ0n) is 13.6. The largest absolute Gasteiger partial charge is 0.529 e. The Morgan fingerprint density at radius 1 is 1.12 bits per heavy atom. The Balaban J connectivity index is 2.34. The van der Waals surface area contributed by atoms with Crippen LogP contribution in [0.5, 0.6) is 0 Å². The van der Waals surface area contributed by atoms with E-state index < -0.39 is 19.6 Å². The highest BCUT2D eigenvalue weighted by atomic mass is 31.2. The summed E-state index contributed by atoms with van der Waals surface area (Å²) in [6.07, 6.45) is -2.67. The molecular weight excluding hydrogens is 344 g/mol. The maximum atomic E-state index is 12.9. The fraction of sp³-hybridized carbons (Fsp3) is 0.500. The summed E-state index contributed by atoms with van der Waals surface area (Å²) in [5.74, 6) is 0.375. The first kappa shape index (κ1) is 19.0. The molecule has 24 heavy (non-hydrogen) atoms. The normalized spacial score (nSPS) is 15.9. The van der Waals surface area contributed by atoms with Crippen LogP contribution < -0.4 is 0 Å². The number of hydrogen-bond acceptors (Lipinski definition) is 4. The molecule has 1 aromatic carbocycles. The number of rotatable bonds is 7. The lowest BCUT2D eigenvalue weighted by molar-refractivity contribution is -0.137. The third-order valence-corrected chi connectivity index (χ3v) is 5.09. The van der Waals surface area contributed by atoms with Crippen LogP contribution in [0.15, 0.2) is 30.0 Å². The quantitative estimate of drug-likeness (QED) is 0.574. The number of phosphoric ester groups is 1. The summed E-state index contributed by atoms with van der Waals surface area (Å²) in [5, 5.41) is 0. The van der Waals surface area contributed by atoms with E-state index in [1.54, 1.807) is 19.9 Å². The van der Waals surface area contributed by atoms with Gasteiger partial charge in [-0.1, -0.05) is 12.1 Å². The van der Waals surface area contributed by atoms with Gasteiger partial charge in [-0.15, -0.1) is 0 Å². The molecule has 0 amide bonds. The molecule has 0 aliphatic heterocycles. The van der Waals surface area contributed by atoms with Crippen LogP contribution in [0.2, 0.25) is 0 Å². The highest BCUT2D eigenvalue weighted by molar-refractivity contribution is 7.48. The molecule has 0 unspecified atom stereocenters. The van der Waals surface area contributed by atoms with Gasteiger partial charge in [0, 0.05) is 6.42 Å². The van der Waals surface area contributed by atoms with E-state index in [0.29, 0.717) is 36.2 Å². The molecule has 134 valence electrons. The number of allylic oxidation sites excluding steroid dienone is 2. The Bertz CT molecular complexity index is 645. The van der Waals surface area contributed by atoms with Crippen molar-refractivity contribution in [3.8, 4) is 0 Å². The summed E-state index contributed by atoms with van der Waals surface area (Å²) < 4.78 is 66.8. The van der Waals surface area contributed by atoms with Gasteiger partial charge >= 0.3 is 14.0 Å². The first-order valence-electron chi connectivity index (χ1n) is 7.77. The maximum Gasteiger partial charge on any atom is 0.529 e. The lowest BCUT2D eigenvalue weighted by Gasteiger charge is -2.19. The van der Waals surface area contributed by atoms with Crippen LogP contribution in [0, 0.1) is 0 Å². The predicted molar refractivity (Wildman–Crippen MR) is 84.2 cm³/mol. The van der Waals surface area contributed by atoms with Crippen LogP contribution in [0.1, 0.15) is 44.2 Å². The molecule has 0 bridgehead atoms. The van der Waals surface area contributed by atoms with Crippen molar-refractivity contribution in [1.29, 1.82) is 0 Å². The zero-order valence-corrected chi connectivity index (χ0v) is 14.5. The summed E-state index contributed by atoms with van der Waals surface area (Å²) in [7, 11) is -3.75. The average Bonchev–Trinajstić information content (AvgIpc) is 2.94. The Labute approximate surface area is 139 Å². The van der Waals surface area contributed by atoms with Gasteiger partial charge in [0.1, 0.15) is 5.76 Å². The molecule has 1 aliphatic rings. The molecule has 0 fully saturated rings. The van der Waals surface area contributed by atoms with Crippen LogP contribution >= 0.6 is 7.82 Å². The maximum absolute atomic E-state index is 12.9. The number of benzene rings is 1. The SMILES string of the molecule is CCOP(=O)(OCC)OC1=C(c2cccc(C(F)(F)F)c2)CCC1. The van der Waals surface area contributed by atoms with E-state index in [1.807, 2.05) is 0 Å². The summed E-state index contributed by atoms with van der Waals surface area (Å²) in [5.41, 5.74) is 0.300. The standard InChI is InChI=1S/C16H20F3O4P/c1-3-21-24(20,22-4-2)23-15-10-6-9-14(15)12-7-5-8-13(11-12)16(17,18)19/h5,7-8,11H,3-4,6,9-10H2,1-2H3. The Morgan fingerprint density at radius 3 is 2.38 bits per heavy atom. The number of hydrogen-bond donors (Lipinski definition) is 0. The molecule has 2 rings (SSSR count). The van der Waals surface area contributed by atoms with Crippen molar-refractivity contribution in [3.05, 3.63) is 41.2 Å². The minimum Gasteiger partial charge on any atom is -0.408 e. The van der Waals surface area contributed by atoms with Gasteiger partial charge in [-0.05, 0) is 50.0 Å². The topological polar surface area (TPSA) is 44.8 Å². The summed E-state index contributed by atoms with van der Waals surface area (Å²) in [6, 6.07) is 5.04. The van der Waals surface area contributed by atoms with Crippen molar-refractivity contribution in [2.45, 2.75) is 39.3 Å². The molecule has 1 aliphatic carbocycles. The number of halogens is 3. The van der Waals surface area contributed by atoms with E-state index >= 15 is 0 Å². The fourth-order valence-corrected chi connectivity index (χ4v) is 3.83. The Hall–Kier alpha value is -1.30. The molecule has 0 aromatic heterocycles. The van der Waals surface area contributed by atoms with E-state index in [0.717, 1.165) is 12.1 Å². The third kappa shape index (κ3) is 4.62. The average molecular weight is 364 g/mol. The predicted octanol–water partition coefficient (Wildman–Crippen LogP) is 5.80. The van der Waals surface area contributed by atoms with Crippen molar-refractivity contribution < 1.29 is 31.3 Å². The van der Waals surface area contributed by atoms with E-state index in [-0.39, 0.29) is 13.2 Å². The van der Waals surface area contributed by atoms with E-state index in [4.69, 9.17) is 13.6 Å². The molecular formula is C16H20F3O4P. The first-order valence-corrected chi connectivity index (χ1v) is 9.23. The van der Waals surface area contributed by atoms with Crippen molar-refractivity contribution in [1.82, 2.24) is 0 Å². The molecule has 0 atom stereocenters. The lowest BCUT2D eigenvalue weighted by Crippen LogP contribution is -2.05. The minimum absolute atomic E-state index is 0.142. The van der Waals surface area contributed by atoms with Gasteiger partial charge in [0.2, 0.25) is 0 Å². The van der Waals surface area contributed by atoms with Gasteiger partial charge < -0.3 is 4.52 Å². The van der Waals surface area contributed by atoms with Crippen molar-refractivity contribution >= 4 is 13.4 Å². The molecule has 0 heterocycles. The van der Waals surface area contributed by atoms with E-state index in [1.165, 1.54) is 6.07 Å². The molecule has 1 aromatic rings. The zero-order chi connectivity index (χ0) is 17.8. The highest BCUT2D eigenvalue weighted by Gasteiger charge is 2.33. The first-order chi connectivity index (χ1) is 11.3. The second-order valence-electron chi connectivity index (χ2n) is 5.21. The summed E-state index contributed by atoms with van der Waals surface area (Å²) in [4.78, 5) is 0. The Kier molecular flexibility index (Phi) is 6.12. The Morgan fingerprint density at radius 2 is 1.79 bits per heavy atom. The number of phosphoric acid groups is 1. The van der Waals surface area contributed by atoms with Crippen molar-refractivity contribution in [3.63, 3.8) is 0 Å². The monoisotopic (exact) mass is 364 g/mol. The highest BCUT2D eigenvalue weighted by Crippen LogP contribution is 2.54. The third-order valence-electron chi connectivity index (χ3n) is 3.50. The molecule has 0 saturated carbocycles. The number of alkyl halides is 3. The van der Waals surface area contributed by atoms with Crippen LogP contribution in [-0.2, 0) is 24.3 Å². The van der Waals surface area contributed by atoms with Gasteiger partial charge in [0.05, 0.1) is 18.8 Å². The smallest absolute Gasteiger partial charge is 0.408 e. The van der Waals surface area contributed by atoms with Crippen LogP contribution in [0.4, 0.5) is 13.2 Å². The van der Waals surface area contributed by atoms with Gasteiger partial charge in [0.25, 0.3) is 0 Å². The molecule has 0 saturated heterocycles. The summed E-state index contributed by atoms with van der Waals surface area (Å²) in [6.45, 7) is 3.60. The molecule has 0 spiro atoms. The molecule has 0 N–H and O–H groups in total. The second-order valence-corrected chi connectivity index (χ2v) is 6.80. The van der Waals surface area contributed by atoms with Crippen LogP contribution in [0.3, 0.4) is 0 Å². The molecule has 8 heteroatoms. The van der Waals surface area contributed by atoms with E-state index in [9.17, 15) is 17.7 Å². The molecule has 0 radical (unpaired) electrons. The summed E-state index contributed by atoms with van der Waals surface area (Å²) >= 11 is 0. The van der Waals surface area contributed by atoms with E-state index in [2.05, 4.69) is 0 Å². The van der Waals surface area contributed by atoms with Gasteiger partial charge in [-0.25, -0.2) is 4.57 Å². The van der Waals surface area contributed by atoms with Crippen LogP contribution in [0.25, 0.3) is 5.57 Å².